The first kappa shape index (κ1) is 28.7. The number of halogens is 3. The lowest BCUT2D eigenvalue weighted by molar-refractivity contribution is -0.140. The molecule has 2 atom stereocenters. The first-order valence-corrected chi connectivity index (χ1v) is 14.0. The molecule has 7 nitrogen and oxygen atoms in total. The Morgan fingerprint density at radius 3 is 2.51 bits per heavy atom. The average molecular weight is 569 g/mol. The molecule has 1 fully saturated rings. The van der Waals surface area contributed by atoms with E-state index in [9.17, 15) is 22.8 Å². The molecule has 2 N–H and O–H groups in total. The van der Waals surface area contributed by atoms with Gasteiger partial charge in [0.25, 0.3) is 5.91 Å². The molecule has 1 aliphatic carbocycles. The maximum Gasteiger partial charge on any atom is 0.433 e. The molecule has 1 aromatic heterocycles. The van der Waals surface area contributed by atoms with Crippen LogP contribution < -0.4 is 10.6 Å². The largest absolute Gasteiger partial charge is 0.444 e. The van der Waals surface area contributed by atoms with Gasteiger partial charge in [-0.3, -0.25) is 4.79 Å². The SMILES string of the molecule is CC(C)(C)OC(=O)N1CCc2ccc(C(=O)N[C@@H]3CCC[C@H](Nc4cc(C(F)(F)F)nc5ccccc45)C3)cc2C1. The van der Waals surface area contributed by atoms with Gasteiger partial charge in [-0.05, 0) is 88.3 Å². The quantitative estimate of drug-likeness (QED) is 0.366. The zero-order valence-electron chi connectivity index (χ0n) is 23.5. The van der Waals surface area contributed by atoms with Crippen LogP contribution in [0, 0.1) is 0 Å². The van der Waals surface area contributed by atoms with Crippen LogP contribution in [0.1, 0.15) is 73.6 Å². The number of para-hydroxylation sites is 1. The molecule has 41 heavy (non-hydrogen) atoms. The van der Waals surface area contributed by atoms with E-state index in [1.54, 1.807) is 35.2 Å². The number of pyridine rings is 1. The Bertz CT molecular complexity index is 1450. The van der Waals surface area contributed by atoms with Crippen molar-refractivity contribution >= 4 is 28.6 Å². The topological polar surface area (TPSA) is 83.6 Å². The second kappa shape index (κ2) is 11.2. The van der Waals surface area contributed by atoms with Gasteiger partial charge in [-0.2, -0.15) is 13.2 Å². The summed E-state index contributed by atoms with van der Waals surface area (Å²) < 4.78 is 46.0. The van der Waals surface area contributed by atoms with Crippen molar-refractivity contribution in [3.05, 3.63) is 70.9 Å². The molecule has 2 amide bonds. The molecule has 1 saturated carbocycles. The molecule has 0 radical (unpaired) electrons. The number of aromatic nitrogens is 1. The van der Waals surface area contributed by atoms with Gasteiger partial charge in [0.15, 0.2) is 0 Å². The normalized spacial score (nSPS) is 19.4. The Kier molecular flexibility index (Phi) is 7.85. The van der Waals surface area contributed by atoms with Gasteiger partial charge in [0.2, 0.25) is 0 Å². The summed E-state index contributed by atoms with van der Waals surface area (Å²) in [5, 5.41) is 7.06. The summed E-state index contributed by atoms with van der Waals surface area (Å²) >= 11 is 0. The van der Waals surface area contributed by atoms with E-state index in [0.717, 1.165) is 36.5 Å². The number of nitrogens with zero attached hydrogens (tertiary/aromatic N) is 2. The second-order valence-corrected chi connectivity index (χ2v) is 11.9. The van der Waals surface area contributed by atoms with Gasteiger partial charge in [-0.15, -0.1) is 0 Å². The van der Waals surface area contributed by atoms with Crippen LogP contribution in [0.3, 0.4) is 0 Å². The highest BCUT2D eigenvalue weighted by Crippen LogP contribution is 2.34. The Morgan fingerprint density at radius 2 is 1.76 bits per heavy atom. The molecule has 2 aliphatic rings. The van der Waals surface area contributed by atoms with Crippen molar-refractivity contribution < 1.29 is 27.5 Å². The van der Waals surface area contributed by atoms with Gasteiger partial charge in [0.1, 0.15) is 11.3 Å². The number of nitrogens with one attached hydrogen (secondary N) is 2. The Balaban J connectivity index is 1.25. The summed E-state index contributed by atoms with van der Waals surface area (Å²) in [6.07, 6.45) is -1.26. The number of hydrogen-bond donors (Lipinski definition) is 2. The highest BCUT2D eigenvalue weighted by Gasteiger charge is 2.34. The monoisotopic (exact) mass is 568 g/mol. The maximum atomic E-state index is 13.5. The number of hydrogen-bond acceptors (Lipinski definition) is 5. The van der Waals surface area contributed by atoms with Crippen molar-refractivity contribution in [2.45, 2.75) is 83.3 Å². The van der Waals surface area contributed by atoms with Crippen molar-refractivity contribution in [2.75, 3.05) is 11.9 Å². The van der Waals surface area contributed by atoms with Gasteiger partial charge in [-0.25, -0.2) is 9.78 Å². The number of amides is 2. The number of anilines is 1. The van der Waals surface area contributed by atoms with E-state index >= 15 is 0 Å². The molecule has 0 unspecified atom stereocenters. The molecule has 3 aromatic rings. The molecular formula is C31H35F3N4O3. The average Bonchev–Trinajstić information content (AvgIpc) is 2.91. The van der Waals surface area contributed by atoms with Crippen molar-refractivity contribution in [1.29, 1.82) is 0 Å². The first-order valence-electron chi connectivity index (χ1n) is 14.0. The van der Waals surface area contributed by atoms with E-state index in [-0.39, 0.29) is 29.6 Å². The van der Waals surface area contributed by atoms with Crippen LogP contribution in [0.2, 0.25) is 0 Å². The van der Waals surface area contributed by atoms with E-state index in [1.807, 2.05) is 32.9 Å². The van der Waals surface area contributed by atoms with Crippen LogP contribution in [-0.4, -0.2) is 46.1 Å². The van der Waals surface area contributed by atoms with Crippen LogP contribution >= 0.6 is 0 Å². The van der Waals surface area contributed by atoms with Gasteiger partial charge in [-0.1, -0.05) is 24.3 Å². The molecule has 10 heteroatoms. The molecule has 0 saturated heterocycles. The van der Waals surface area contributed by atoms with Crippen LogP contribution in [0.5, 0.6) is 0 Å². The first-order chi connectivity index (χ1) is 19.4. The number of ether oxygens (including phenoxy) is 1. The minimum atomic E-state index is -4.55. The van der Waals surface area contributed by atoms with Crippen LogP contribution in [0.25, 0.3) is 10.9 Å². The third-order valence-electron chi connectivity index (χ3n) is 7.51. The number of alkyl halides is 3. The molecule has 1 aliphatic heterocycles. The number of rotatable bonds is 4. The molecule has 218 valence electrons. The van der Waals surface area contributed by atoms with E-state index in [2.05, 4.69) is 15.6 Å². The van der Waals surface area contributed by atoms with E-state index in [1.165, 1.54) is 0 Å². The van der Waals surface area contributed by atoms with E-state index < -0.39 is 17.5 Å². The Hall–Kier alpha value is -3.82. The fraction of sp³-hybridized carbons (Fsp3) is 0.452. The molecule has 2 aromatic carbocycles. The van der Waals surface area contributed by atoms with Crippen LogP contribution in [-0.2, 0) is 23.9 Å². The fourth-order valence-electron chi connectivity index (χ4n) is 5.56. The van der Waals surface area contributed by atoms with Crippen LogP contribution in [0.4, 0.5) is 23.7 Å². The van der Waals surface area contributed by atoms with Gasteiger partial charge < -0.3 is 20.3 Å². The minimum Gasteiger partial charge on any atom is -0.444 e. The summed E-state index contributed by atoms with van der Waals surface area (Å²) in [7, 11) is 0. The third kappa shape index (κ3) is 6.92. The summed E-state index contributed by atoms with van der Waals surface area (Å²) in [5.41, 5.74) is 1.69. The molecular weight excluding hydrogens is 533 g/mol. The second-order valence-electron chi connectivity index (χ2n) is 11.9. The fourth-order valence-corrected chi connectivity index (χ4v) is 5.56. The highest BCUT2D eigenvalue weighted by atomic mass is 19.4. The summed E-state index contributed by atoms with van der Waals surface area (Å²) in [6.45, 7) is 6.42. The van der Waals surface area contributed by atoms with Gasteiger partial charge in [0.05, 0.1) is 5.52 Å². The molecule has 5 rings (SSSR count). The number of benzene rings is 2. The molecule has 0 spiro atoms. The standard InChI is InChI=1S/C31H35F3N4O3/c1-30(2,3)41-29(40)38-14-13-19-11-12-20(15-21(19)18-38)28(39)36-23-8-6-7-22(16-23)35-26-17-27(31(32,33)34)37-25-10-5-4-9-24(25)26/h4-5,9-12,15,17,22-23H,6-8,13-14,16,18H2,1-3H3,(H,35,37)(H,36,39)/t22-,23+/m0/s1. The smallest absolute Gasteiger partial charge is 0.433 e. The van der Waals surface area contributed by atoms with Gasteiger partial charge in [0, 0.05) is 41.8 Å². The third-order valence-corrected chi connectivity index (χ3v) is 7.51. The van der Waals surface area contributed by atoms with E-state index in [0.29, 0.717) is 42.6 Å². The zero-order chi connectivity index (χ0) is 29.4. The Labute approximate surface area is 237 Å². The molecule has 0 bridgehead atoms. The summed E-state index contributed by atoms with van der Waals surface area (Å²) in [4.78, 5) is 31.2. The van der Waals surface area contributed by atoms with Crippen molar-refractivity contribution in [3.63, 3.8) is 0 Å². The summed E-state index contributed by atoms with van der Waals surface area (Å²) in [6, 6.07) is 13.2. The zero-order valence-corrected chi connectivity index (χ0v) is 23.5. The minimum absolute atomic E-state index is 0.105. The number of fused-ring (bicyclic) bond motifs is 2. The summed E-state index contributed by atoms with van der Waals surface area (Å²) in [5.74, 6) is -0.207. The van der Waals surface area contributed by atoms with Crippen molar-refractivity contribution in [2.24, 2.45) is 0 Å². The lowest BCUT2D eigenvalue weighted by Gasteiger charge is -2.32. The van der Waals surface area contributed by atoms with Crippen LogP contribution in [0.15, 0.2) is 48.5 Å². The maximum absolute atomic E-state index is 13.5. The number of carbonyl (C=O) groups is 2. The van der Waals surface area contributed by atoms with Crippen molar-refractivity contribution in [3.8, 4) is 0 Å². The lowest BCUT2D eigenvalue weighted by Crippen LogP contribution is -2.42. The number of carbonyl (C=O) groups excluding carboxylic acids is 2. The predicted molar refractivity (Wildman–Crippen MR) is 151 cm³/mol. The molecule has 2 heterocycles. The predicted octanol–water partition coefficient (Wildman–Crippen LogP) is 6.70. The highest BCUT2D eigenvalue weighted by molar-refractivity contribution is 5.95. The van der Waals surface area contributed by atoms with Crippen molar-refractivity contribution in [1.82, 2.24) is 15.2 Å². The van der Waals surface area contributed by atoms with E-state index in [4.69, 9.17) is 4.74 Å². The Morgan fingerprint density at radius 1 is 1.00 bits per heavy atom. The van der Waals surface area contributed by atoms with Gasteiger partial charge >= 0.3 is 12.3 Å². The lowest BCUT2D eigenvalue weighted by atomic mass is 9.90.